The van der Waals surface area contributed by atoms with Gasteiger partial charge in [-0.1, -0.05) is 84.9 Å². The quantitative estimate of drug-likeness (QED) is 0.391. The fraction of sp³-hybridized carbons (Fsp3) is 0.0385. The molecule has 4 aromatic rings. The van der Waals surface area contributed by atoms with Crippen LogP contribution in [0.25, 0.3) is 34.2 Å². The summed E-state index contributed by atoms with van der Waals surface area (Å²) >= 11 is 0. The number of aliphatic carboxylic acids is 1. The Morgan fingerprint density at radius 1 is 0.862 bits per heavy atom. The second kappa shape index (κ2) is 8.44. The first-order chi connectivity index (χ1) is 14.2. The molecule has 0 aliphatic heterocycles. The normalized spacial score (nSPS) is 11.6. The van der Waals surface area contributed by atoms with Gasteiger partial charge in [0, 0.05) is 22.6 Å². The molecule has 0 bridgehead atoms. The van der Waals surface area contributed by atoms with E-state index in [-0.39, 0.29) is 0 Å². The van der Waals surface area contributed by atoms with E-state index in [0.29, 0.717) is 6.42 Å². The monoisotopic (exact) mass is 380 g/mol. The first-order valence-electron chi connectivity index (χ1n) is 9.43. The maximum Gasteiger partial charge on any atom is 0.328 e. The first kappa shape index (κ1) is 18.5. The Morgan fingerprint density at radius 3 is 2.45 bits per heavy atom. The van der Waals surface area contributed by atoms with Crippen LogP contribution < -0.4 is 0 Å². The minimum Gasteiger partial charge on any atom is -0.478 e. The van der Waals surface area contributed by atoms with E-state index in [4.69, 9.17) is 9.52 Å². The Morgan fingerprint density at radius 2 is 1.62 bits per heavy atom. The van der Waals surface area contributed by atoms with Gasteiger partial charge in [-0.2, -0.15) is 0 Å². The van der Waals surface area contributed by atoms with Gasteiger partial charge in [-0.05, 0) is 29.2 Å². The van der Waals surface area contributed by atoms with Crippen molar-refractivity contribution in [3.05, 3.63) is 108 Å². The lowest BCUT2D eigenvalue weighted by molar-refractivity contribution is -0.131. The van der Waals surface area contributed by atoms with Crippen LogP contribution in [0, 0.1) is 0 Å². The van der Waals surface area contributed by atoms with Crippen molar-refractivity contribution in [3.63, 3.8) is 0 Å². The summed E-state index contributed by atoms with van der Waals surface area (Å²) in [7, 11) is 0. The van der Waals surface area contributed by atoms with Crippen molar-refractivity contribution in [2.24, 2.45) is 0 Å². The van der Waals surface area contributed by atoms with Crippen LogP contribution in [0.2, 0.25) is 0 Å². The first-order valence-corrected chi connectivity index (χ1v) is 9.43. The lowest BCUT2D eigenvalue weighted by Crippen LogP contribution is -1.89. The highest BCUT2D eigenvalue weighted by Crippen LogP contribution is 2.32. The second-order valence-electron chi connectivity index (χ2n) is 6.72. The van der Waals surface area contributed by atoms with Crippen molar-refractivity contribution in [2.75, 3.05) is 0 Å². The highest BCUT2D eigenvalue weighted by molar-refractivity contribution is 5.97. The Labute approximate surface area is 169 Å². The topological polar surface area (TPSA) is 50.4 Å². The summed E-state index contributed by atoms with van der Waals surface area (Å²) in [5.41, 5.74) is 6.07. The third-order valence-electron chi connectivity index (χ3n) is 4.81. The SMILES string of the molecule is O=C(O)C=Cc1ccccc1CC=Cc1cccc2c(-c3ccccc3)coc12. The molecule has 0 atom stereocenters. The average molecular weight is 380 g/mol. The maximum absolute atomic E-state index is 10.8. The standard InChI is InChI=1S/C26H20O3/c27-25(28)17-16-20-9-5-4-8-19(20)12-6-13-22-14-7-15-23-24(18-29-26(22)23)21-10-2-1-3-11-21/h1-11,13-18H,12H2,(H,27,28). The number of hydrogen-bond acceptors (Lipinski definition) is 2. The number of para-hydroxylation sites is 1. The molecule has 142 valence electrons. The van der Waals surface area contributed by atoms with Gasteiger partial charge >= 0.3 is 5.97 Å². The molecule has 3 nitrogen and oxygen atoms in total. The van der Waals surface area contributed by atoms with Crippen molar-refractivity contribution >= 4 is 29.1 Å². The highest BCUT2D eigenvalue weighted by atomic mass is 16.4. The molecule has 0 spiro atoms. The minimum absolute atomic E-state index is 0.697. The number of allylic oxidation sites excluding steroid dienone is 1. The third kappa shape index (κ3) is 4.19. The Balaban J connectivity index is 1.60. The molecule has 1 heterocycles. The van der Waals surface area contributed by atoms with Crippen LogP contribution in [0.3, 0.4) is 0 Å². The van der Waals surface area contributed by atoms with Gasteiger partial charge in [0.05, 0.1) is 6.26 Å². The molecular weight excluding hydrogens is 360 g/mol. The summed E-state index contributed by atoms with van der Waals surface area (Å²) in [4.78, 5) is 10.8. The molecule has 1 N–H and O–H groups in total. The van der Waals surface area contributed by atoms with Gasteiger partial charge in [0.25, 0.3) is 0 Å². The number of fused-ring (bicyclic) bond motifs is 1. The second-order valence-corrected chi connectivity index (χ2v) is 6.72. The molecule has 0 aliphatic rings. The van der Waals surface area contributed by atoms with Crippen molar-refractivity contribution in [3.8, 4) is 11.1 Å². The molecular formula is C26H20O3. The van der Waals surface area contributed by atoms with Crippen molar-refractivity contribution in [1.82, 2.24) is 0 Å². The van der Waals surface area contributed by atoms with Gasteiger partial charge in [0.1, 0.15) is 5.58 Å². The van der Waals surface area contributed by atoms with Crippen molar-refractivity contribution < 1.29 is 14.3 Å². The molecule has 0 saturated carbocycles. The lowest BCUT2D eigenvalue weighted by atomic mass is 10.0. The van der Waals surface area contributed by atoms with E-state index in [9.17, 15) is 4.79 Å². The van der Waals surface area contributed by atoms with E-state index in [0.717, 1.165) is 44.9 Å². The predicted octanol–water partition coefficient (Wildman–Crippen LogP) is 6.45. The minimum atomic E-state index is -0.950. The zero-order chi connectivity index (χ0) is 20.1. The molecule has 0 fully saturated rings. The third-order valence-corrected chi connectivity index (χ3v) is 4.81. The molecule has 0 aliphatic carbocycles. The lowest BCUT2D eigenvalue weighted by Gasteiger charge is -2.03. The van der Waals surface area contributed by atoms with E-state index < -0.39 is 5.97 Å². The molecule has 0 radical (unpaired) electrons. The molecule has 1 aromatic heterocycles. The summed E-state index contributed by atoms with van der Waals surface area (Å²) < 4.78 is 5.90. The number of benzene rings is 3. The number of carboxylic acids is 1. The summed E-state index contributed by atoms with van der Waals surface area (Å²) in [6.45, 7) is 0. The predicted molar refractivity (Wildman–Crippen MR) is 117 cm³/mol. The number of carboxylic acid groups (broad SMARTS) is 1. The van der Waals surface area contributed by atoms with Crippen molar-refractivity contribution in [2.45, 2.75) is 6.42 Å². The number of furan rings is 1. The smallest absolute Gasteiger partial charge is 0.328 e. The van der Waals surface area contributed by atoms with E-state index in [2.05, 4.69) is 30.4 Å². The fourth-order valence-corrected chi connectivity index (χ4v) is 3.41. The maximum atomic E-state index is 10.8. The molecule has 0 amide bonds. The van der Waals surface area contributed by atoms with Gasteiger partial charge in [-0.15, -0.1) is 0 Å². The van der Waals surface area contributed by atoms with E-state index in [1.807, 2.05) is 60.9 Å². The molecule has 0 unspecified atom stereocenters. The summed E-state index contributed by atoms with van der Waals surface area (Å²) in [6.07, 6.45) is 9.43. The number of hydrogen-bond donors (Lipinski definition) is 1. The van der Waals surface area contributed by atoms with Gasteiger partial charge < -0.3 is 9.52 Å². The molecule has 4 rings (SSSR count). The van der Waals surface area contributed by atoms with Crippen LogP contribution in [-0.2, 0) is 11.2 Å². The van der Waals surface area contributed by atoms with Crippen LogP contribution in [-0.4, -0.2) is 11.1 Å². The average Bonchev–Trinajstić information content (AvgIpc) is 3.19. The van der Waals surface area contributed by atoms with Crippen LogP contribution >= 0.6 is 0 Å². The van der Waals surface area contributed by atoms with Crippen LogP contribution in [0.5, 0.6) is 0 Å². The van der Waals surface area contributed by atoms with Gasteiger partial charge in [0.15, 0.2) is 0 Å². The van der Waals surface area contributed by atoms with E-state index >= 15 is 0 Å². The Kier molecular flexibility index (Phi) is 5.39. The van der Waals surface area contributed by atoms with Gasteiger partial charge in [0.2, 0.25) is 0 Å². The van der Waals surface area contributed by atoms with Crippen LogP contribution in [0.4, 0.5) is 0 Å². The van der Waals surface area contributed by atoms with Crippen molar-refractivity contribution in [1.29, 1.82) is 0 Å². The number of carbonyl (C=O) groups is 1. The zero-order valence-corrected chi connectivity index (χ0v) is 15.8. The van der Waals surface area contributed by atoms with E-state index in [1.54, 1.807) is 6.08 Å². The molecule has 3 heteroatoms. The van der Waals surface area contributed by atoms with Crippen LogP contribution in [0.15, 0.2) is 95.6 Å². The summed E-state index contributed by atoms with van der Waals surface area (Å²) in [5.74, 6) is -0.950. The van der Waals surface area contributed by atoms with Gasteiger partial charge in [-0.25, -0.2) is 4.79 Å². The Bertz CT molecular complexity index is 1200. The van der Waals surface area contributed by atoms with E-state index in [1.165, 1.54) is 0 Å². The highest BCUT2D eigenvalue weighted by Gasteiger charge is 2.09. The Hall–Kier alpha value is -3.85. The summed E-state index contributed by atoms with van der Waals surface area (Å²) in [5, 5.41) is 9.95. The molecule has 0 saturated heterocycles. The number of rotatable bonds is 6. The zero-order valence-electron chi connectivity index (χ0n) is 15.8. The van der Waals surface area contributed by atoms with Crippen LogP contribution in [0.1, 0.15) is 16.7 Å². The fourth-order valence-electron chi connectivity index (χ4n) is 3.41. The summed E-state index contributed by atoms with van der Waals surface area (Å²) in [6, 6.07) is 24.1. The molecule has 3 aromatic carbocycles. The van der Waals surface area contributed by atoms with Gasteiger partial charge in [-0.3, -0.25) is 0 Å². The molecule has 29 heavy (non-hydrogen) atoms. The largest absolute Gasteiger partial charge is 0.478 e.